The van der Waals surface area contributed by atoms with E-state index in [0.29, 0.717) is 18.9 Å². The molecule has 5 heteroatoms. The number of halogens is 4. The Labute approximate surface area is 98.6 Å². The highest BCUT2D eigenvalue weighted by Crippen LogP contribution is 2.22. The number of nitrogens with two attached hydrogens (primary N) is 1. The quantitative estimate of drug-likeness (QED) is 0.643. The van der Waals surface area contributed by atoms with Gasteiger partial charge in [-0.1, -0.05) is 6.08 Å². The molecule has 16 heavy (non-hydrogen) atoms. The van der Waals surface area contributed by atoms with Crippen molar-refractivity contribution in [3.63, 3.8) is 0 Å². The number of benzene rings is 1. The molecular weight excluding hydrogens is 239 g/mol. The summed E-state index contributed by atoms with van der Waals surface area (Å²) in [6, 6.07) is 0.707. The van der Waals surface area contributed by atoms with E-state index in [9.17, 15) is 13.2 Å². The molecule has 0 radical (unpaired) electrons. The summed E-state index contributed by atoms with van der Waals surface area (Å²) in [6.07, 6.45) is 2.59. The maximum absolute atomic E-state index is 13.2. The van der Waals surface area contributed by atoms with Crippen molar-refractivity contribution in [2.24, 2.45) is 5.73 Å². The zero-order valence-electron chi connectivity index (χ0n) is 8.55. The SMILES string of the molecule is C=CCC[C@H](N)c1cc(F)cc(F)c1F.Cl. The predicted molar refractivity (Wildman–Crippen MR) is 59.9 cm³/mol. The van der Waals surface area contributed by atoms with Gasteiger partial charge in [-0.05, 0) is 18.9 Å². The average molecular weight is 252 g/mol. The van der Waals surface area contributed by atoms with Crippen LogP contribution in [0.2, 0.25) is 0 Å². The van der Waals surface area contributed by atoms with Crippen LogP contribution in [0.15, 0.2) is 24.8 Å². The van der Waals surface area contributed by atoms with Gasteiger partial charge in [0.15, 0.2) is 11.6 Å². The van der Waals surface area contributed by atoms with Crippen LogP contribution < -0.4 is 5.73 Å². The lowest BCUT2D eigenvalue weighted by molar-refractivity contribution is 0.470. The van der Waals surface area contributed by atoms with Gasteiger partial charge < -0.3 is 5.73 Å². The highest BCUT2D eigenvalue weighted by molar-refractivity contribution is 5.85. The Bertz CT molecular complexity index is 368. The molecular formula is C11H13ClF3N. The molecule has 90 valence electrons. The smallest absolute Gasteiger partial charge is 0.163 e. The molecule has 0 amide bonds. The Morgan fingerprint density at radius 1 is 1.31 bits per heavy atom. The molecule has 0 aromatic heterocycles. The van der Waals surface area contributed by atoms with Gasteiger partial charge in [-0.3, -0.25) is 0 Å². The highest BCUT2D eigenvalue weighted by atomic mass is 35.5. The van der Waals surface area contributed by atoms with Crippen molar-refractivity contribution in [1.82, 2.24) is 0 Å². The summed E-state index contributed by atoms with van der Waals surface area (Å²) in [5.74, 6) is -3.11. The fourth-order valence-electron chi connectivity index (χ4n) is 1.30. The second-order valence-corrected chi connectivity index (χ2v) is 3.26. The maximum atomic E-state index is 13.2. The number of rotatable bonds is 4. The first-order valence-corrected chi connectivity index (χ1v) is 4.57. The summed E-state index contributed by atoms with van der Waals surface area (Å²) in [5.41, 5.74) is 5.47. The Balaban J connectivity index is 0.00000225. The van der Waals surface area contributed by atoms with Crippen LogP contribution >= 0.6 is 12.4 Å². The fraction of sp³-hybridized carbons (Fsp3) is 0.273. The molecule has 0 aliphatic heterocycles. The Kier molecular flexibility index (Phi) is 6.14. The van der Waals surface area contributed by atoms with Crippen molar-refractivity contribution < 1.29 is 13.2 Å². The molecule has 0 aliphatic rings. The lowest BCUT2D eigenvalue weighted by atomic mass is 10.0. The van der Waals surface area contributed by atoms with Gasteiger partial charge in [0.2, 0.25) is 0 Å². The van der Waals surface area contributed by atoms with E-state index in [1.807, 2.05) is 0 Å². The van der Waals surface area contributed by atoms with Crippen molar-refractivity contribution in [3.05, 3.63) is 47.8 Å². The van der Waals surface area contributed by atoms with Gasteiger partial charge in [0.25, 0.3) is 0 Å². The van der Waals surface area contributed by atoms with Gasteiger partial charge in [0, 0.05) is 17.7 Å². The van der Waals surface area contributed by atoms with Crippen molar-refractivity contribution in [3.8, 4) is 0 Å². The second kappa shape index (κ2) is 6.55. The topological polar surface area (TPSA) is 26.0 Å². The van der Waals surface area contributed by atoms with Crippen LogP contribution in [0.1, 0.15) is 24.4 Å². The van der Waals surface area contributed by atoms with E-state index in [1.165, 1.54) is 0 Å². The molecule has 1 aromatic rings. The molecule has 0 bridgehead atoms. The monoisotopic (exact) mass is 251 g/mol. The van der Waals surface area contributed by atoms with Crippen molar-refractivity contribution in [2.45, 2.75) is 18.9 Å². The first-order valence-electron chi connectivity index (χ1n) is 4.57. The molecule has 2 N–H and O–H groups in total. The first kappa shape index (κ1) is 15.0. The fourth-order valence-corrected chi connectivity index (χ4v) is 1.30. The van der Waals surface area contributed by atoms with Crippen LogP contribution in [0.5, 0.6) is 0 Å². The van der Waals surface area contributed by atoms with Crippen molar-refractivity contribution in [1.29, 1.82) is 0 Å². The lowest BCUT2D eigenvalue weighted by Crippen LogP contribution is -2.13. The average Bonchev–Trinajstić information content (AvgIpc) is 2.19. The zero-order valence-corrected chi connectivity index (χ0v) is 9.37. The molecule has 0 aliphatic carbocycles. The molecule has 0 heterocycles. The van der Waals surface area contributed by atoms with E-state index < -0.39 is 23.5 Å². The van der Waals surface area contributed by atoms with E-state index in [2.05, 4.69) is 6.58 Å². The molecule has 0 spiro atoms. The minimum absolute atomic E-state index is 0. The normalized spacial score (nSPS) is 11.8. The summed E-state index contributed by atoms with van der Waals surface area (Å²) in [5, 5.41) is 0. The summed E-state index contributed by atoms with van der Waals surface area (Å²) in [4.78, 5) is 0. The van der Waals surface area contributed by atoms with E-state index in [1.54, 1.807) is 6.08 Å². The largest absolute Gasteiger partial charge is 0.324 e. The van der Waals surface area contributed by atoms with Gasteiger partial charge in [0.05, 0.1) is 0 Å². The Morgan fingerprint density at radius 2 is 1.94 bits per heavy atom. The molecule has 1 atom stereocenters. The van der Waals surface area contributed by atoms with Crippen LogP contribution in [-0.2, 0) is 0 Å². The van der Waals surface area contributed by atoms with Gasteiger partial charge >= 0.3 is 0 Å². The summed E-state index contributed by atoms with van der Waals surface area (Å²) < 4.78 is 38.9. The minimum Gasteiger partial charge on any atom is -0.324 e. The second-order valence-electron chi connectivity index (χ2n) is 3.26. The van der Waals surface area contributed by atoms with Gasteiger partial charge in [-0.2, -0.15) is 0 Å². The Morgan fingerprint density at radius 3 is 2.50 bits per heavy atom. The third-order valence-corrected chi connectivity index (χ3v) is 2.10. The maximum Gasteiger partial charge on any atom is 0.163 e. The summed E-state index contributed by atoms with van der Waals surface area (Å²) >= 11 is 0. The standard InChI is InChI=1S/C11H12F3N.ClH/c1-2-3-4-10(15)8-5-7(12)6-9(13)11(8)14;/h2,5-6,10H,1,3-4,15H2;1H/t10-;/m0./s1. The predicted octanol–water partition coefficient (Wildman–Crippen LogP) is 3.49. The molecule has 1 rings (SSSR count). The molecule has 1 aromatic carbocycles. The number of hydrogen-bond donors (Lipinski definition) is 1. The first-order chi connectivity index (χ1) is 7.06. The van der Waals surface area contributed by atoms with E-state index >= 15 is 0 Å². The molecule has 0 saturated carbocycles. The third kappa shape index (κ3) is 3.54. The molecule has 0 saturated heterocycles. The Hall–Kier alpha value is -1.00. The van der Waals surface area contributed by atoms with Crippen LogP contribution in [0.3, 0.4) is 0 Å². The van der Waals surface area contributed by atoms with Crippen LogP contribution in [0.25, 0.3) is 0 Å². The van der Waals surface area contributed by atoms with Gasteiger partial charge in [0.1, 0.15) is 5.82 Å². The van der Waals surface area contributed by atoms with Gasteiger partial charge in [-0.15, -0.1) is 19.0 Å². The lowest BCUT2D eigenvalue weighted by Gasteiger charge is -2.12. The van der Waals surface area contributed by atoms with E-state index in [-0.39, 0.29) is 18.0 Å². The van der Waals surface area contributed by atoms with Crippen molar-refractivity contribution >= 4 is 12.4 Å². The number of allylic oxidation sites excluding steroid dienone is 1. The van der Waals surface area contributed by atoms with Crippen molar-refractivity contribution in [2.75, 3.05) is 0 Å². The van der Waals surface area contributed by atoms with Crippen LogP contribution in [0, 0.1) is 17.5 Å². The molecule has 0 unspecified atom stereocenters. The molecule has 1 nitrogen and oxygen atoms in total. The van der Waals surface area contributed by atoms with Gasteiger partial charge in [-0.25, -0.2) is 13.2 Å². The third-order valence-electron chi connectivity index (χ3n) is 2.10. The molecule has 0 fully saturated rings. The van der Waals surface area contributed by atoms with Crippen LogP contribution in [-0.4, -0.2) is 0 Å². The number of hydrogen-bond acceptors (Lipinski definition) is 1. The van der Waals surface area contributed by atoms with E-state index in [4.69, 9.17) is 5.73 Å². The zero-order chi connectivity index (χ0) is 11.4. The summed E-state index contributed by atoms with van der Waals surface area (Å²) in [7, 11) is 0. The van der Waals surface area contributed by atoms with E-state index in [0.717, 1.165) is 6.07 Å². The summed E-state index contributed by atoms with van der Waals surface area (Å²) in [6.45, 7) is 3.49. The highest BCUT2D eigenvalue weighted by Gasteiger charge is 2.16. The minimum atomic E-state index is -1.21. The van der Waals surface area contributed by atoms with Crippen LogP contribution in [0.4, 0.5) is 13.2 Å².